The normalized spacial score (nSPS) is 20.0. The van der Waals surface area contributed by atoms with E-state index in [9.17, 15) is 0 Å². The smallest absolute Gasteiger partial charge is 0.161 e. The van der Waals surface area contributed by atoms with E-state index < -0.39 is 0 Å². The summed E-state index contributed by atoms with van der Waals surface area (Å²) in [5, 5.41) is 3.42. The van der Waals surface area contributed by atoms with Crippen LogP contribution in [0.25, 0.3) is 0 Å². The molecule has 0 unspecified atom stereocenters. The highest BCUT2D eigenvalue weighted by Gasteiger charge is 2.24. The van der Waals surface area contributed by atoms with Gasteiger partial charge in [0.25, 0.3) is 0 Å². The second kappa shape index (κ2) is 6.50. The van der Waals surface area contributed by atoms with Crippen molar-refractivity contribution in [2.45, 2.75) is 19.4 Å². The minimum Gasteiger partial charge on any atom is -0.486 e. The van der Waals surface area contributed by atoms with Gasteiger partial charge in [0.05, 0.1) is 0 Å². The lowest BCUT2D eigenvalue weighted by molar-refractivity contribution is 0.164. The van der Waals surface area contributed by atoms with Crippen molar-refractivity contribution in [1.82, 2.24) is 10.2 Å². The molecule has 1 aromatic carbocycles. The Morgan fingerprint density at radius 1 is 1.24 bits per heavy atom. The van der Waals surface area contributed by atoms with Crippen LogP contribution >= 0.6 is 0 Å². The molecule has 1 fully saturated rings. The quantitative estimate of drug-likeness (QED) is 0.863. The van der Waals surface area contributed by atoms with Crippen molar-refractivity contribution in [3.8, 4) is 11.5 Å². The molecule has 0 saturated carbocycles. The Bertz CT molecular complexity index is 510. The van der Waals surface area contributed by atoms with Gasteiger partial charge in [-0.3, -0.25) is 4.90 Å². The Hall–Kier alpha value is -1.52. The number of hydrogen-bond donors (Lipinski definition) is 1. The highest BCUT2D eigenvalue weighted by atomic mass is 16.6. The fourth-order valence-electron chi connectivity index (χ4n) is 3.05. The summed E-state index contributed by atoms with van der Waals surface area (Å²) < 4.78 is 11.3. The molecule has 2 heterocycles. The number of piperazine rings is 1. The van der Waals surface area contributed by atoms with Crippen LogP contribution < -0.4 is 14.8 Å². The Kier molecular flexibility index (Phi) is 4.46. The summed E-state index contributed by atoms with van der Waals surface area (Å²) in [5.41, 5.74) is 2.51. The van der Waals surface area contributed by atoms with Crippen LogP contribution in [0.4, 0.5) is 0 Å². The number of nitrogens with zero attached hydrogens (tertiary/aromatic N) is 1. The van der Waals surface area contributed by atoms with Crippen LogP contribution in [0.3, 0.4) is 0 Å². The number of fused-ring (bicyclic) bond motifs is 1. The summed E-state index contributed by atoms with van der Waals surface area (Å²) in [5.74, 6) is 1.74. The molecule has 2 aliphatic heterocycles. The molecular weight excluding hydrogens is 264 g/mol. The largest absolute Gasteiger partial charge is 0.486 e. The summed E-state index contributed by atoms with van der Waals surface area (Å²) in [7, 11) is 0. The lowest BCUT2D eigenvalue weighted by atomic mass is 9.97. The fourth-order valence-corrected chi connectivity index (χ4v) is 3.05. The zero-order valence-electron chi connectivity index (χ0n) is 12.7. The SMILES string of the molecule is C=C(C)C[C@@H](c1ccc2c(c1)OCCO2)N1CCNCC1. The van der Waals surface area contributed by atoms with Crippen molar-refractivity contribution >= 4 is 0 Å². The molecule has 0 aromatic heterocycles. The molecule has 0 spiro atoms. The summed E-state index contributed by atoms with van der Waals surface area (Å²) in [4.78, 5) is 2.54. The first-order valence-corrected chi connectivity index (χ1v) is 7.73. The maximum Gasteiger partial charge on any atom is 0.161 e. The molecule has 1 atom stereocenters. The average molecular weight is 288 g/mol. The third-order valence-corrected chi connectivity index (χ3v) is 4.09. The van der Waals surface area contributed by atoms with Gasteiger partial charge in [-0.05, 0) is 31.0 Å². The van der Waals surface area contributed by atoms with Crippen LogP contribution in [0.5, 0.6) is 11.5 Å². The van der Waals surface area contributed by atoms with E-state index in [0.717, 1.165) is 44.1 Å². The van der Waals surface area contributed by atoms with E-state index in [1.54, 1.807) is 0 Å². The van der Waals surface area contributed by atoms with Gasteiger partial charge in [-0.1, -0.05) is 11.6 Å². The molecule has 1 N–H and O–H groups in total. The van der Waals surface area contributed by atoms with Crippen molar-refractivity contribution in [3.63, 3.8) is 0 Å². The Morgan fingerprint density at radius 2 is 1.95 bits per heavy atom. The van der Waals surface area contributed by atoms with Gasteiger partial charge in [0.1, 0.15) is 13.2 Å². The third-order valence-electron chi connectivity index (χ3n) is 4.09. The minimum absolute atomic E-state index is 0.375. The number of ether oxygens (including phenoxy) is 2. The first kappa shape index (κ1) is 14.4. The monoisotopic (exact) mass is 288 g/mol. The first-order valence-electron chi connectivity index (χ1n) is 7.73. The molecule has 0 bridgehead atoms. The summed E-state index contributed by atoms with van der Waals surface area (Å²) >= 11 is 0. The zero-order valence-corrected chi connectivity index (χ0v) is 12.7. The Morgan fingerprint density at radius 3 is 2.67 bits per heavy atom. The van der Waals surface area contributed by atoms with Crippen LogP contribution in [0, 0.1) is 0 Å². The maximum absolute atomic E-state index is 5.73. The molecule has 114 valence electrons. The zero-order chi connectivity index (χ0) is 14.7. The topological polar surface area (TPSA) is 33.7 Å². The van der Waals surface area contributed by atoms with Crippen molar-refractivity contribution < 1.29 is 9.47 Å². The predicted molar refractivity (Wildman–Crippen MR) is 84.0 cm³/mol. The van der Waals surface area contributed by atoms with E-state index in [4.69, 9.17) is 9.47 Å². The van der Waals surface area contributed by atoms with Crippen LogP contribution in [-0.2, 0) is 0 Å². The van der Waals surface area contributed by atoms with E-state index in [2.05, 4.69) is 35.9 Å². The summed E-state index contributed by atoms with van der Waals surface area (Å²) in [6, 6.07) is 6.73. The van der Waals surface area contributed by atoms with Gasteiger partial charge in [-0.25, -0.2) is 0 Å². The molecule has 1 aromatic rings. The average Bonchev–Trinajstić information content (AvgIpc) is 2.53. The molecule has 0 radical (unpaired) electrons. The second-order valence-electron chi connectivity index (χ2n) is 5.87. The van der Waals surface area contributed by atoms with E-state index in [-0.39, 0.29) is 0 Å². The summed E-state index contributed by atoms with van der Waals surface area (Å²) in [6.07, 6.45) is 0.986. The van der Waals surface area contributed by atoms with Crippen LogP contribution in [0.15, 0.2) is 30.4 Å². The minimum atomic E-state index is 0.375. The maximum atomic E-state index is 5.73. The highest BCUT2D eigenvalue weighted by molar-refractivity contribution is 5.45. The van der Waals surface area contributed by atoms with Gasteiger partial charge in [0.2, 0.25) is 0 Å². The van der Waals surface area contributed by atoms with Crippen molar-refractivity contribution in [2.24, 2.45) is 0 Å². The first-order chi connectivity index (χ1) is 10.2. The van der Waals surface area contributed by atoms with Crippen LogP contribution in [0.1, 0.15) is 24.9 Å². The molecule has 4 heteroatoms. The molecule has 4 nitrogen and oxygen atoms in total. The number of nitrogens with one attached hydrogen (secondary N) is 1. The number of rotatable bonds is 4. The second-order valence-corrected chi connectivity index (χ2v) is 5.87. The van der Waals surface area contributed by atoms with Gasteiger partial charge >= 0.3 is 0 Å². The highest BCUT2D eigenvalue weighted by Crippen LogP contribution is 2.36. The number of hydrogen-bond acceptors (Lipinski definition) is 4. The van der Waals surface area contributed by atoms with Crippen molar-refractivity contribution in [3.05, 3.63) is 35.9 Å². The van der Waals surface area contributed by atoms with Gasteiger partial charge in [0, 0.05) is 32.2 Å². The van der Waals surface area contributed by atoms with E-state index >= 15 is 0 Å². The predicted octanol–water partition coefficient (Wildman–Crippen LogP) is 2.37. The molecule has 21 heavy (non-hydrogen) atoms. The lowest BCUT2D eigenvalue weighted by Gasteiger charge is -2.36. The van der Waals surface area contributed by atoms with Crippen molar-refractivity contribution in [2.75, 3.05) is 39.4 Å². The fraction of sp³-hybridized carbons (Fsp3) is 0.529. The van der Waals surface area contributed by atoms with E-state index in [1.807, 2.05) is 6.07 Å². The van der Waals surface area contributed by atoms with E-state index in [1.165, 1.54) is 11.1 Å². The molecule has 1 saturated heterocycles. The van der Waals surface area contributed by atoms with Gasteiger partial charge in [-0.2, -0.15) is 0 Å². The molecule has 0 amide bonds. The van der Waals surface area contributed by atoms with Gasteiger partial charge in [0.15, 0.2) is 11.5 Å². The van der Waals surface area contributed by atoms with Crippen LogP contribution in [-0.4, -0.2) is 44.3 Å². The molecular formula is C17H24N2O2. The Labute approximate surface area is 126 Å². The van der Waals surface area contributed by atoms with E-state index in [0.29, 0.717) is 19.3 Å². The molecule has 2 aliphatic rings. The lowest BCUT2D eigenvalue weighted by Crippen LogP contribution is -2.45. The third kappa shape index (κ3) is 3.39. The van der Waals surface area contributed by atoms with Gasteiger partial charge in [-0.15, -0.1) is 6.58 Å². The van der Waals surface area contributed by atoms with Gasteiger partial charge < -0.3 is 14.8 Å². The number of benzene rings is 1. The molecule has 0 aliphatic carbocycles. The van der Waals surface area contributed by atoms with Crippen LogP contribution in [0.2, 0.25) is 0 Å². The molecule has 3 rings (SSSR count). The Balaban J connectivity index is 1.86. The standard InChI is InChI=1S/C17H24N2O2/c1-13(2)11-15(19-7-5-18-6-8-19)14-3-4-16-17(12-14)21-10-9-20-16/h3-4,12,15,18H,1,5-11H2,2H3/t15-/m0/s1. The van der Waals surface area contributed by atoms with Crippen molar-refractivity contribution in [1.29, 1.82) is 0 Å². The summed E-state index contributed by atoms with van der Waals surface area (Å²) in [6.45, 7) is 11.7.